The minimum atomic E-state index is 0.692. The van der Waals surface area contributed by atoms with E-state index in [1.54, 1.807) is 14.0 Å². The third kappa shape index (κ3) is 3.34. The van der Waals surface area contributed by atoms with Crippen molar-refractivity contribution in [3.63, 3.8) is 0 Å². The van der Waals surface area contributed by atoms with Crippen molar-refractivity contribution in [1.82, 2.24) is 0 Å². The average Bonchev–Trinajstić information content (AvgIpc) is 1.35. The van der Waals surface area contributed by atoms with Crippen molar-refractivity contribution in [2.24, 2.45) is 5.73 Å². The summed E-state index contributed by atoms with van der Waals surface area (Å²) in [6.45, 7) is 1.77. The summed E-state index contributed by atoms with van der Waals surface area (Å²) in [5.74, 6) is 0. The van der Waals surface area contributed by atoms with Gasteiger partial charge in [-0.2, -0.15) is 0 Å². The van der Waals surface area contributed by atoms with Gasteiger partial charge in [0.25, 0.3) is 0 Å². The van der Waals surface area contributed by atoms with Crippen LogP contribution in [0.1, 0.15) is 6.92 Å². The van der Waals surface area contributed by atoms with Gasteiger partial charge in [-0.3, -0.25) is 0 Å². The van der Waals surface area contributed by atoms with E-state index in [0.29, 0.717) is 5.70 Å². The van der Waals surface area contributed by atoms with Crippen LogP contribution in [-0.2, 0) is 4.74 Å². The molecule has 0 heterocycles. The Morgan fingerprint density at radius 1 is 1.83 bits per heavy atom. The number of methoxy groups -OCH3 is 1. The Morgan fingerprint density at radius 2 is 2.33 bits per heavy atom. The molecule has 2 heteroatoms. The van der Waals surface area contributed by atoms with Gasteiger partial charge < -0.3 is 10.5 Å². The zero-order valence-corrected chi connectivity index (χ0v) is 4.06. The average molecular weight is 87.1 g/mol. The summed E-state index contributed by atoms with van der Waals surface area (Å²) < 4.78 is 4.52. The third-order valence-electron chi connectivity index (χ3n) is 0.304. The summed E-state index contributed by atoms with van der Waals surface area (Å²) >= 11 is 0. The SMILES string of the molecule is CO/C=C(\C)N. The summed E-state index contributed by atoms with van der Waals surface area (Å²) in [5.41, 5.74) is 5.83. The van der Waals surface area contributed by atoms with Gasteiger partial charge in [0.15, 0.2) is 0 Å². The maximum Gasteiger partial charge on any atom is 0.101 e. The first-order valence-corrected chi connectivity index (χ1v) is 1.72. The maximum absolute atomic E-state index is 5.14. The van der Waals surface area contributed by atoms with Gasteiger partial charge in [-0.1, -0.05) is 0 Å². The van der Waals surface area contributed by atoms with E-state index >= 15 is 0 Å². The minimum absolute atomic E-state index is 0.692. The van der Waals surface area contributed by atoms with Gasteiger partial charge in [0.2, 0.25) is 0 Å². The molecule has 0 aromatic heterocycles. The number of rotatable bonds is 1. The van der Waals surface area contributed by atoms with Gasteiger partial charge in [0.1, 0.15) is 6.26 Å². The molecule has 0 aliphatic rings. The second kappa shape index (κ2) is 2.57. The molecule has 6 heavy (non-hydrogen) atoms. The molecule has 0 saturated carbocycles. The molecule has 2 nitrogen and oxygen atoms in total. The quantitative estimate of drug-likeness (QED) is 0.471. The van der Waals surface area contributed by atoms with Gasteiger partial charge in [-0.25, -0.2) is 0 Å². The molecule has 2 N–H and O–H groups in total. The maximum atomic E-state index is 5.14. The molecular weight excluding hydrogens is 78.0 g/mol. The lowest BCUT2D eigenvalue weighted by Gasteiger charge is -1.85. The molecule has 0 aliphatic heterocycles. The molecule has 0 bridgehead atoms. The highest BCUT2D eigenvalue weighted by atomic mass is 16.5. The van der Waals surface area contributed by atoms with Crippen molar-refractivity contribution in [2.75, 3.05) is 7.11 Å². The van der Waals surface area contributed by atoms with Crippen LogP contribution in [0.15, 0.2) is 12.0 Å². The van der Waals surface area contributed by atoms with Crippen LogP contribution in [0.25, 0.3) is 0 Å². The number of ether oxygens (including phenoxy) is 1. The third-order valence-corrected chi connectivity index (χ3v) is 0.304. The van der Waals surface area contributed by atoms with Crippen LogP contribution in [0.3, 0.4) is 0 Å². The molecule has 0 aromatic carbocycles. The monoisotopic (exact) mass is 87.1 g/mol. The van der Waals surface area contributed by atoms with Crippen molar-refractivity contribution in [1.29, 1.82) is 0 Å². The molecule has 36 valence electrons. The molecule has 0 rings (SSSR count). The Labute approximate surface area is 37.6 Å². The van der Waals surface area contributed by atoms with E-state index < -0.39 is 0 Å². The van der Waals surface area contributed by atoms with E-state index in [0.717, 1.165) is 0 Å². The molecule has 0 spiro atoms. The van der Waals surface area contributed by atoms with Gasteiger partial charge in [-0.05, 0) is 6.92 Å². The number of allylic oxidation sites excluding steroid dienone is 1. The topological polar surface area (TPSA) is 35.2 Å². The highest BCUT2D eigenvalue weighted by Gasteiger charge is 1.67. The lowest BCUT2D eigenvalue weighted by atomic mass is 10.6. The van der Waals surface area contributed by atoms with Crippen LogP contribution in [0.2, 0.25) is 0 Å². The molecule has 0 saturated heterocycles. The Kier molecular flexibility index (Phi) is 2.29. The molecule has 0 radical (unpaired) electrons. The van der Waals surface area contributed by atoms with Crippen LogP contribution >= 0.6 is 0 Å². The zero-order chi connectivity index (χ0) is 4.99. The second-order valence-electron chi connectivity index (χ2n) is 1.10. The highest BCUT2D eigenvalue weighted by molar-refractivity contribution is 4.83. The fourth-order valence-electron chi connectivity index (χ4n) is 0.186. The molecule has 0 aliphatic carbocycles. The summed E-state index contributed by atoms with van der Waals surface area (Å²) in [6.07, 6.45) is 1.49. The Bertz CT molecular complexity index is 54.6. The molecule has 0 atom stereocenters. The first-order valence-electron chi connectivity index (χ1n) is 1.72. The molecule has 0 unspecified atom stereocenters. The van der Waals surface area contributed by atoms with Crippen molar-refractivity contribution in [2.45, 2.75) is 6.92 Å². The largest absolute Gasteiger partial charge is 0.503 e. The number of hydrogen-bond acceptors (Lipinski definition) is 2. The first-order chi connectivity index (χ1) is 2.77. The highest BCUT2D eigenvalue weighted by Crippen LogP contribution is 1.75. The zero-order valence-electron chi connectivity index (χ0n) is 4.06. The molecule has 0 amide bonds. The van der Waals surface area contributed by atoms with Crippen LogP contribution in [0, 0.1) is 0 Å². The standard InChI is InChI=1S/C4H9NO/c1-4(5)3-6-2/h3H,5H2,1-2H3/b4-3+. The van der Waals surface area contributed by atoms with Crippen LogP contribution in [0.5, 0.6) is 0 Å². The fraction of sp³-hybridized carbons (Fsp3) is 0.500. The van der Waals surface area contributed by atoms with Crippen LogP contribution < -0.4 is 5.73 Å². The van der Waals surface area contributed by atoms with Gasteiger partial charge in [0, 0.05) is 5.70 Å². The Hall–Kier alpha value is -0.660. The number of nitrogens with two attached hydrogens (primary N) is 1. The Balaban J connectivity index is 3.14. The fourth-order valence-corrected chi connectivity index (χ4v) is 0.186. The van der Waals surface area contributed by atoms with E-state index in [-0.39, 0.29) is 0 Å². The van der Waals surface area contributed by atoms with Crippen LogP contribution in [-0.4, -0.2) is 7.11 Å². The van der Waals surface area contributed by atoms with Gasteiger partial charge in [0.05, 0.1) is 7.11 Å². The second-order valence-corrected chi connectivity index (χ2v) is 1.10. The summed E-state index contributed by atoms with van der Waals surface area (Å²) in [7, 11) is 1.57. The number of hydrogen-bond donors (Lipinski definition) is 1. The molecule has 0 fully saturated rings. The van der Waals surface area contributed by atoms with Gasteiger partial charge >= 0.3 is 0 Å². The van der Waals surface area contributed by atoms with E-state index in [1.165, 1.54) is 6.26 Å². The van der Waals surface area contributed by atoms with E-state index in [1.807, 2.05) is 0 Å². The predicted molar refractivity (Wildman–Crippen MR) is 25.0 cm³/mol. The first kappa shape index (κ1) is 5.34. The summed E-state index contributed by atoms with van der Waals surface area (Å²) in [6, 6.07) is 0. The van der Waals surface area contributed by atoms with E-state index in [9.17, 15) is 0 Å². The van der Waals surface area contributed by atoms with Crippen LogP contribution in [0.4, 0.5) is 0 Å². The predicted octanol–water partition coefficient (Wildman–Crippen LogP) is 0.453. The smallest absolute Gasteiger partial charge is 0.101 e. The normalized spacial score (nSPS) is 11.3. The molecular formula is C4H9NO. The van der Waals surface area contributed by atoms with Crippen molar-refractivity contribution in [3.8, 4) is 0 Å². The summed E-state index contributed by atoms with van der Waals surface area (Å²) in [5, 5.41) is 0. The molecule has 0 aromatic rings. The lowest BCUT2D eigenvalue weighted by molar-refractivity contribution is 0.333. The van der Waals surface area contributed by atoms with Crippen molar-refractivity contribution >= 4 is 0 Å². The van der Waals surface area contributed by atoms with E-state index in [4.69, 9.17) is 5.73 Å². The van der Waals surface area contributed by atoms with Gasteiger partial charge in [-0.15, -0.1) is 0 Å². The van der Waals surface area contributed by atoms with Crippen molar-refractivity contribution < 1.29 is 4.74 Å². The van der Waals surface area contributed by atoms with Crippen molar-refractivity contribution in [3.05, 3.63) is 12.0 Å². The van der Waals surface area contributed by atoms with E-state index in [2.05, 4.69) is 4.74 Å². The lowest BCUT2D eigenvalue weighted by Crippen LogP contribution is -1.89. The minimum Gasteiger partial charge on any atom is -0.503 e. The Morgan fingerprint density at radius 3 is 2.33 bits per heavy atom. The summed E-state index contributed by atoms with van der Waals surface area (Å²) in [4.78, 5) is 0.